The number of thioether (sulfide) groups is 1. The van der Waals surface area contributed by atoms with Gasteiger partial charge in [-0.25, -0.2) is 4.79 Å². The summed E-state index contributed by atoms with van der Waals surface area (Å²) in [5, 5.41) is 15.6. The molecule has 18 heavy (non-hydrogen) atoms. The van der Waals surface area contributed by atoms with Crippen molar-refractivity contribution in [1.29, 1.82) is 0 Å². The summed E-state index contributed by atoms with van der Waals surface area (Å²) in [7, 11) is 0. The van der Waals surface area contributed by atoms with Crippen LogP contribution in [-0.4, -0.2) is 35.3 Å². The third-order valence-electron chi connectivity index (χ3n) is 2.21. The zero-order valence-electron chi connectivity index (χ0n) is 10.4. The minimum Gasteiger partial charge on any atom is -0.387 e. The van der Waals surface area contributed by atoms with Crippen LogP contribution in [0.4, 0.5) is 10.5 Å². The Kier molecular flexibility index (Phi) is 5.78. The van der Waals surface area contributed by atoms with Gasteiger partial charge in [0.1, 0.15) is 0 Å². The first-order valence-corrected chi connectivity index (χ1v) is 7.22. The summed E-state index contributed by atoms with van der Waals surface area (Å²) in [5.74, 6) is 0.555. The smallest absolute Gasteiger partial charge is 0.319 e. The summed E-state index contributed by atoms with van der Waals surface area (Å²) in [6.45, 7) is 1.86. The Morgan fingerprint density at radius 3 is 2.78 bits per heavy atom. The molecular weight excluding hydrogens is 272 g/mol. The fourth-order valence-electron chi connectivity index (χ4n) is 1.36. The van der Waals surface area contributed by atoms with Crippen molar-refractivity contribution in [2.75, 3.05) is 23.9 Å². The van der Waals surface area contributed by atoms with E-state index in [1.807, 2.05) is 6.26 Å². The molecule has 0 saturated carbocycles. The lowest BCUT2D eigenvalue weighted by atomic mass is 10.1. The molecule has 0 spiro atoms. The Bertz CT molecular complexity index is 413. The molecule has 3 N–H and O–H groups in total. The Morgan fingerprint density at radius 1 is 1.50 bits per heavy atom. The predicted octanol–water partition coefficient (Wildman–Crippen LogP) is 2.58. The third-order valence-corrected chi connectivity index (χ3v) is 3.45. The number of halogens is 1. The Morgan fingerprint density at radius 2 is 2.17 bits per heavy atom. The second-order valence-electron chi connectivity index (χ2n) is 4.22. The maximum atomic E-state index is 11.6. The number of hydrogen-bond donors (Lipinski definition) is 3. The maximum Gasteiger partial charge on any atom is 0.319 e. The van der Waals surface area contributed by atoms with Gasteiger partial charge in [0.25, 0.3) is 0 Å². The average Bonchev–Trinajstić information content (AvgIpc) is 2.30. The number of carbonyl (C=O) groups is 1. The summed E-state index contributed by atoms with van der Waals surface area (Å²) in [6.07, 6.45) is 1.90. The van der Waals surface area contributed by atoms with Gasteiger partial charge in [-0.05, 0) is 25.3 Å². The van der Waals surface area contributed by atoms with Gasteiger partial charge in [-0.3, -0.25) is 0 Å². The first-order chi connectivity index (χ1) is 8.44. The highest BCUT2D eigenvalue weighted by Gasteiger charge is 2.20. The molecule has 0 heterocycles. The van der Waals surface area contributed by atoms with E-state index in [4.69, 9.17) is 11.6 Å². The highest BCUT2D eigenvalue weighted by molar-refractivity contribution is 7.98. The zero-order chi connectivity index (χ0) is 13.6. The topological polar surface area (TPSA) is 61.4 Å². The van der Waals surface area contributed by atoms with Crippen LogP contribution < -0.4 is 10.6 Å². The van der Waals surface area contributed by atoms with Crippen molar-refractivity contribution in [2.45, 2.75) is 12.5 Å². The Labute approximate surface area is 116 Å². The fourth-order valence-corrected chi connectivity index (χ4v) is 2.27. The lowest BCUT2D eigenvalue weighted by molar-refractivity contribution is 0.0876. The van der Waals surface area contributed by atoms with Crippen molar-refractivity contribution in [2.24, 2.45) is 0 Å². The quantitative estimate of drug-likeness (QED) is 0.780. The molecule has 0 fully saturated rings. The average molecular weight is 289 g/mol. The van der Waals surface area contributed by atoms with Crippen LogP contribution in [0.25, 0.3) is 0 Å². The fraction of sp³-hybridized carbons (Fsp3) is 0.417. The summed E-state index contributed by atoms with van der Waals surface area (Å²) in [5.41, 5.74) is -0.377. The molecule has 0 radical (unpaired) electrons. The number of anilines is 1. The van der Waals surface area contributed by atoms with Gasteiger partial charge in [-0.15, -0.1) is 0 Å². The van der Waals surface area contributed by atoms with Crippen LogP contribution in [0.1, 0.15) is 6.92 Å². The van der Waals surface area contributed by atoms with E-state index in [1.54, 1.807) is 31.2 Å². The number of hydrogen-bond acceptors (Lipinski definition) is 3. The number of urea groups is 1. The van der Waals surface area contributed by atoms with E-state index in [2.05, 4.69) is 10.6 Å². The first-order valence-electron chi connectivity index (χ1n) is 5.45. The normalized spacial score (nSPS) is 13.8. The van der Waals surface area contributed by atoms with Crippen LogP contribution >= 0.6 is 23.4 Å². The van der Waals surface area contributed by atoms with Crippen LogP contribution in [0.2, 0.25) is 5.02 Å². The predicted molar refractivity (Wildman–Crippen MR) is 77.5 cm³/mol. The molecule has 4 nitrogen and oxygen atoms in total. The summed E-state index contributed by atoms with van der Waals surface area (Å²) >= 11 is 7.44. The van der Waals surface area contributed by atoms with E-state index in [9.17, 15) is 9.90 Å². The van der Waals surface area contributed by atoms with Crippen molar-refractivity contribution >= 4 is 35.1 Å². The molecule has 2 amide bonds. The number of nitrogens with one attached hydrogen (secondary N) is 2. The van der Waals surface area contributed by atoms with Gasteiger partial charge in [0.05, 0.1) is 16.3 Å². The molecule has 1 aromatic rings. The SMILES string of the molecule is CSCC(C)(O)CNC(=O)Nc1ccccc1Cl. The maximum absolute atomic E-state index is 11.6. The number of carbonyl (C=O) groups excluding carboxylic acids is 1. The molecule has 1 unspecified atom stereocenters. The largest absolute Gasteiger partial charge is 0.387 e. The molecule has 0 aliphatic rings. The number of aliphatic hydroxyl groups is 1. The van der Waals surface area contributed by atoms with E-state index < -0.39 is 5.60 Å². The van der Waals surface area contributed by atoms with E-state index >= 15 is 0 Å². The van der Waals surface area contributed by atoms with E-state index in [1.165, 1.54) is 11.8 Å². The Balaban J connectivity index is 2.46. The van der Waals surface area contributed by atoms with Gasteiger partial charge in [0.15, 0.2) is 0 Å². The number of para-hydroxylation sites is 1. The zero-order valence-corrected chi connectivity index (χ0v) is 11.9. The van der Waals surface area contributed by atoms with E-state index in [-0.39, 0.29) is 12.6 Å². The Hall–Kier alpha value is -0.910. The highest BCUT2D eigenvalue weighted by Crippen LogP contribution is 2.20. The van der Waals surface area contributed by atoms with Crippen molar-refractivity contribution in [3.8, 4) is 0 Å². The van der Waals surface area contributed by atoms with E-state index in [0.29, 0.717) is 16.5 Å². The number of amides is 2. The second-order valence-corrected chi connectivity index (χ2v) is 5.49. The molecule has 0 aliphatic heterocycles. The standard InChI is InChI=1S/C12H17ClN2O2S/c1-12(17,8-18-2)7-14-11(16)15-10-6-4-3-5-9(10)13/h3-6,17H,7-8H2,1-2H3,(H2,14,15,16). The summed E-state index contributed by atoms with van der Waals surface area (Å²) < 4.78 is 0. The van der Waals surface area contributed by atoms with Gasteiger partial charge in [0.2, 0.25) is 0 Å². The second kappa shape index (κ2) is 6.87. The highest BCUT2D eigenvalue weighted by atomic mass is 35.5. The van der Waals surface area contributed by atoms with Crippen LogP contribution in [0.15, 0.2) is 24.3 Å². The summed E-state index contributed by atoms with van der Waals surface area (Å²) in [4.78, 5) is 11.6. The molecule has 1 atom stereocenters. The van der Waals surface area contributed by atoms with E-state index in [0.717, 1.165) is 0 Å². The number of benzene rings is 1. The van der Waals surface area contributed by atoms with Crippen LogP contribution in [0, 0.1) is 0 Å². The van der Waals surface area contributed by atoms with Crippen molar-refractivity contribution in [1.82, 2.24) is 5.32 Å². The monoisotopic (exact) mass is 288 g/mol. The minimum absolute atomic E-state index is 0.185. The molecule has 6 heteroatoms. The van der Waals surface area contributed by atoms with Crippen molar-refractivity contribution in [3.05, 3.63) is 29.3 Å². The first kappa shape index (κ1) is 15.1. The van der Waals surface area contributed by atoms with Crippen LogP contribution in [-0.2, 0) is 0 Å². The van der Waals surface area contributed by atoms with Crippen LogP contribution in [0.3, 0.4) is 0 Å². The van der Waals surface area contributed by atoms with Gasteiger partial charge in [-0.2, -0.15) is 11.8 Å². The lowest BCUT2D eigenvalue weighted by Crippen LogP contribution is -2.43. The lowest BCUT2D eigenvalue weighted by Gasteiger charge is -2.22. The van der Waals surface area contributed by atoms with Gasteiger partial charge < -0.3 is 15.7 Å². The molecule has 0 aliphatic carbocycles. The molecule has 0 bridgehead atoms. The van der Waals surface area contributed by atoms with Crippen molar-refractivity contribution in [3.63, 3.8) is 0 Å². The van der Waals surface area contributed by atoms with Gasteiger partial charge in [0, 0.05) is 12.3 Å². The third kappa shape index (κ3) is 5.16. The van der Waals surface area contributed by atoms with Crippen molar-refractivity contribution < 1.29 is 9.90 Å². The summed E-state index contributed by atoms with van der Waals surface area (Å²) in [6, 6.07) is 6.59. The molecule has 1 aromatic carbocycles. The van der Waals surface area contributed by atoms with Crippen LogP contribution in [0.5, 0.6) is 0 Å². The molecule has 100 valence electrons. The molecule has 0 saturated heterocycles. The number of rotatable bonds is 5. The molecular formula is C12H17ClN2O2S. The molecule has 1 rings (SSSR count). The molecule has 0 aromatic heterocycles. The minimum atomic E-state index is -0.919. The van der Waals surface area contributed by atoms with Gasteiger partial charge in [-0.1, -0.05) is 23.7 Å². The van der Waals surface area contributed by atoms with Gasteiger partial charge >= 0.3 is 6.03 Å².